The highest BCUT2D eigenvalue weighted by atomic mass is 19.1. The molecular formula is C28H40F2O. The van der Waals surface area contributed by atoms with Crippen molar-refractivity contribution in [1.29, 1.82) is 0 Å². The Morgan fingerprint density at radius 3 is 2.71 bits per heavy atom. The molecule has 0 saturated heterocycles. The van der Waals surface area contributed by atoms with Gasteiger partial charge in [-0.05, 0) is 73.8 Å². The Kier molecular flexibility index (Phi) is 7.78. The average molecular weight is 431 g/mol. The summed E-state index contributed by atoms with van der Waals surface area (Å²) in [5.74, 6) is 0.486. The summed E-state index contributed by atoms with van der Waals surface area (Å²) < 4.78 is 27.9. The molecule has 2 fully saturated rings. The zero-order valence-electron chi connectivity index (χ0n) is 19.6. The largest absolute Gasteiger partial charge is 0.386 e. The second kappa shape index (κ2) is 9.98. The lowest BCUT2D eigenvalue weighted by Gasteiger charge is -2.41. The van der Waals surface area contributed by atoms with E-state index in [-0.39, 0.29) is 18.3 Å². The SMILES string of the molecule is C=C1/C(=C\C=C2/CCCC3(C)C(CC/C=C/C(O)(CC)CC)=CCC23)CC(F)CC1F. The Hall–Kier alpha value is -1.48. The first-order valence-corrected chi connectivity index (χ1v) is 12.2. The van der Waals surface area contributed by atoms with Crippen LogP contribution in [0, 0.1) is 11.3 Å². The molecule has 4 atom stereocenters. The Morgan fingerprint density at radius 1 is 1.26 bits per heavy atom. The van der Waals surface area contributed by atoms with Gasteiger partial charge < -0.3 is 5.11 Å². The molecule has 4 unspecified atom stereocenters. The maximum Gasteiger partial charge on any atom is 0.128 e. The number of fused-ring (bicyclic) bond motifs is 1. The van der Waals surface area contributed by atoms with Crippen molar-refractivity contribution in [2.24, 2.45) is 11.3 Å². The molecule has 3 aliphatic rings. The number of allylic oxidation sites excluding steroid dienone is 8. The van der Waals surface area contributed by atoms with Crippen molar-refractivity contribution < 1.29 is 13.9 Å². The number of hydrogen-bond donors (Lipinski definition) is 1. The van der Waals surface area contributed by atoms with Gasteiger partial charge in [0.05, 0.1) is 5.60 Å². The summed E-state index contributed by atoms with van der Waals surface area (Å²) in [5.41, 5.74) is 3.65. The molecule has 3 rings (SSSR count). The van der Waals surface area contributed by atoms with E-state index in [4.69, 9.17) is 0 Å². The van der Waals surface area contributed by atoms with Crippen LogP contribution in [-0.4, -0.2) is 23.1 Å². The first-order valence-electron chi connectivity index (χ1n) is 12.2. The highest BCUT2D eigenvalue weighted by Crippen LogP contribution is 2.55. The van der Waals surface area contributed by atoms with Crippen LogP contribution in [0.3, 0.4) is 0 Å². The summed E-state index contributed by atoms with van der Waals surface area (Å²) in [4.78, 5) is 0. The first-order chi connectivity index (χ1) is 14.7. The zero-order chi connectivity index (χ0) is 22.6. The molecular weight excluding hydrogens is 390 g/mol. The van der Waals surface area contributed by atoms with Gasteiger partial charge in [-0.2, -0.15) is 0 Å². The minimum atomic E-state index is -1.25. The van der Waals surface area contributed by atoms with E-state index in [1.807, 2.05) is 26.0 Å². The molecule has 0 aliphatic heterocycles. The fourth-order valence-corrected chi connectivity index (χ4v) is 5.72. The molecule has 2 saturated carbocycles. The molecule has 0 spiro atoms. The first kappa shape index (κ1) is 24.2. The van der Waals surface area contributed by atoms with Crippen LogP contribution >= 0.6 is 0 Å². The number of aliphatic hydroxyl groups is 1. The standard InChI is InChI=1S/C28H40F2O/c1-5-28(31,6-2)17-8-7-11-23-14-15-25-21(10-9-16-27(23,25)4)12-13-22-18-24(29)19-26(30)20(22)3/h8,12-14,17,24-26,31H,3,5-7,9-11,15-16,18-19H2,1-2,4H3/b17-8+,21-12+,22-13-. The van der Waals surface area contributed by atoms with E-state index in [1.54, 1.807) is 0 Å². The monoisotopic (exact) mass is 430 g/mol. The third kappa shape index (κ3) is 5.30. The van der Waals surface area contributed by atoms with Gasteiger partial charge in [0, 0.05) is 12.8 Å². The zero-order valence-corrected chi connectivity index (χ0v) is 19.6. The molecule has 0 bridgehead atoms. The fourth-order valence-electron chi connectivity index (χ4n) is 5.72. The van der Waals surface area contributed by atoms with Gasteiger partial charge in [-0.1, -0.05) is 68.9 Å². The second-order valence-corrected chi connectivity index (χ2v) is 10.0. The summed E-state index contributed by atoms with van der Waals surface area (Å²) in [6.45, 7) is 10.3. The van der Waals surface area contributed by atoms with Crippen molar-refractivity contribution in [1.82, 2.24) is 0 Å². The van der Waals surface area contributed by atoms with Crippen LogP contribution in [-0.2, 0) is 0 Å². The lowest BCUT2D eigenvalue weighted by Crippen LogP contribution is -2.30. The lowest BCUT2D eigenvalue weighted by molar-refractivity contribution is 0.0825. The van der Waals surface area contributed by atoms with Gasteiger partial charge in [0.1, 0.15) is 12.3 Å². The topological polar surface area (TPSA) is 20.2 Å². The van der Waals surface area contributed by atoms with Crippen LogP contribution in [0.2, 0.25) is 0 Å². The summed E-state index contributed by atoms with van der Waals surface area (Å²) in [7, 11) is 0. The minimum Gasteiger partial charge on any atom is -0.386 e. The Morgan fingerprint density at radius 2 is 2.00 bits per heavy atom. The van der Waals surface area contributed by atoms with Gasteiger partial charge in [0.25, 0.3) is 0 Å². The van der Waals surface area contributed by atoms with Gasteiger partial charge in [0.15, 0.2) is 0 Å². The number of halogens is 2. The summed E-state index contributed by atoms with van der Waals surface area (Å²) >= 11 is 0. The molecule has 3 heteroatoms. The predicted octanol–water partition coefficient (Wildman–Crippen LogP) is 7.89. The lowest BCUT2D eigenvalue weighted by atomic mass is 9.63. The highest BCUT2D eigenvalue weighted by Gasteiger charge is 2.44. The van der Waals surface area contributed by atoms with Gasteiger partial charge in [-0.25, -0.2) is 8.78 Å². The van der Waals surface area contributed by atoms with Gasteiger partial charge in [-0.15, -0.1) is 0 Å². The molecule has 0 heterocycles. The van der Waals surface area contributed by atoms with E-state index in [0.717, 1.165) is 50.5 Å². The van der Waals surface area contributed by atoms with Gasteiger partial charge in [-0.3, -0.25) is 0 Å². The molecule has 31 heavy (non-hydrogen) atoms. The second-order valence-electron chi connectivity index (χ2n) is 10.0. The van der Waals surface area contributed by atoms with E-state index in [1.165, 1.54) is 17.6 Å². The molecule has 3 aliphatic carbocycles. The summed E-state index contributed by atoms with van der Waals surface area (Å²) in [6, 6.07) is 0. The molecule has 0 aromatic carbocycles. The van der Waals surface area contributed by atoms with Crippen LogP contribution in [0.5, 0.6) is 0 Å². The molecule has 0 amide bonds. The van der Waals surface area contributed by atoms with E-state index in [0.29, 0.717) is 11.5 Å². The van der Waals surface area contributed by atoms with E-state index in [2.05, 4.69) is 31.7 Å². The fraction of sp³-hybridized carbons (Fsp3) is 0.643. The van der Waals surface area contributed by atoms with Crippen molar-refractivity contribution in [3.63, 3.8) is 0 Å². The van der Waals surface area contributed by atoms with Gasteiger partial charge in [0.2, 0.25) is 0 Å². The third-order valence-electron chi connectivity index (χ3n) is 8.14. The van der Waals surface area contributed by atoms with Crippen LogP contribution in [0.25, 0.3) is 0 Å². The third-order valence-corrected chi connectivity index (χ3v) is 8.14. The van der Waals surface area contributed by atoms with Crippen molar-refractivity contribution in [2.75, 3.05) is 0 Å². The Labute approximate surface area is 187 Å². The molecule has 0 radical (unpaired) electrons. The maximum atomic E-state index is 14.0. The van der Waals surface area contributed by atoms with Crippen LogP contribution in [0.15, 0.2) is 59.3 Å². The number of rotatable bonds is 7. The minimum absolute atomic E-state index is 0.0525. The van der Waals surface area contributed by atoms with Crippen LogP contribution in [0.1, 0.15) is 85.0 Å². The van der Waals surface area contributed by atoms with Crippen LogP contribution < -0.4 is 0 Å². The van der Waals surface area contributed by atoms with Crippen molar-refractivity contribution in [2.45, 2.75) is 103 Å². The quantitative estimate of drug-likeness (QED) is 0.407. The van der Waals surface area contributed by atoms with E-state index >= 15 is 0 Å². The van der Waals surface area contributed by atoms with Crippen LogP contribution in [0.4, 0.5) is 8.78 Å². The molecule has 1 nitrogen and oxygen atoms in total. The summed E-state index contributed by atoms with van der Waals surface area (Å²) in [5, 5.41) is 10.4. The van der Waals surface area contributed by atoms with Crippen molar-refractivity contribution in [3.05, 3.63) is 59.3 Å². The highest BCUT2D eigenvalue weighted by molar-refractivity contribution is 5.40. The van der Waals surface area contributed by atoms with E-state index < -0.39 is 17.9 Å². The molecule has 0 aromatic rings. The van der Waals surface area contributed by atoms with Crippen molar-refractivity contribution >= 4 is 0 Å². The average Bonchev–Trinajstić information content (AvgIpc) is 3.09. The molecule has 172 valence electrons. The normalized spacial score (nSPS) is 34.6. The predicted molar refractivity (Wildman–Crippen MR) is 126 cm³/mol. The molecule has 0 aromatic heterocycles. The Bertz CT molecular complexity index is 783. The summed E-state index contributed by atoms with van der Waals surface area (Å²) in [6.07, 6.45) is 16.4. The van der Waals surface area contributed by atoms with Gasteiger partial charge >= 0.3 is 0 Å². The van der Waals surface area contributed by atoms with Crippen molar-refractivity contribution in [3.8, 4) is 0 Å². The number of alkyl halides is 2. The maximum absolute atomic E-state index is 14.0. The number of hydrogen-bond acceptors (Lipinski definition) is 1. The van der Waals surface area contributed by atoms with E-state index in [9.17, 15) is 13.9 Å². The molecule has 1 N–H and O–H groups in total. The smallest absolute Gasteiger partial charge is 0.128 e. The Balaban J connectivity index is 1.68.